The topological polar surface area (TPSA) is 80.7 Å². The number of nitrogens with zero attached hydrogens (tertiary/aromatic N) is 3. The van der Waals surface area contributed by atoms with E-state index in [9.17, 15) is 9.59 Å². The monoisotopic (exact) mass is 262 g/mol. The predicted molar refractivity (Wildman–Crippen MR) is 71.9 cm³/mol. The molecule has 1 aromatic rings. The molecule has 1 amide bonds. The van der Waals surface area contributed by atoms with Gasteiger partial charge in [-0.1, -0.05) is 6.92 Å². The molecule has 0 saturated heterocycles. The third-order valence-electron chi connectivity index (χ3n) is 3.35. The first kappa shape index (κ1) is 13.3. The lowest BCUT2D eigenvalue weighted by atomic mass is 10.1. The lowest BCUT2D eigenvalue weighted by Crippen LogP contribution is -2.34. The SMILES string of the molecule is CCC(=O)c1cc(C2N=C(N)N(C)C2=O)cn1CC. The smallest absolute Gasteiger partial charge is 0.258 e. The number of carbonyl (C=O) groups excluding carboxylic acids is 2. The molecule has 2 heterocycles. The Morgan fingerprint density at radius 2 is 2.16 bits per heavy atom. The van der Waals surface area contributed by atoms with Gasteiger partial charge in [-0.3, -0.25) is 14.5 Å². The Morgan fingerprint density at radius 1 is 1.47 bits per heavy atom. The van der Waals surface area contributed by atoms with Crippen LogP contribution in [0.25, 0.3) is 0 Å². The van der Waals surface area contributed by atoms with E-state index in [1.807, 2.05) is 18.4 Å². The maximum absolute atomic E-state index is 12.0. The Kier molecular flexibility index (Phi) is 3.42. The fraction of sp³-hybridized carbons (Fsp3) is 0.462. The average molecular weight is 262 g/mol. The zero-order valence-electron chi connectivity index (χ0n) is 11.4. The Labute approximate surface area is 111 Å². The number of guanidine groups is 1. The van der Waals surface area contributed by atoms with E-state index >= 15 is 0 Å². The summed E-state index contributed by atoms with van der Waals surface area (Å²) in [6.07, 6.45) is 2.24. The Bertz CT molecular complexity index is 559. The largest absolute Gasteiger partial charge is 0.369 e. The third-order valence-corrected chi connectivity index (χ3v) is 3.35. The van der Waals surface area contributed by atoms with E-state index in [2.05, 4.69) is 4.99 Å². The van der Waals surface area contributed by atoms with Crippen LogP contribution >= 0.6 is 0 Å². The molecule has 0 bridgehead atoms. The highest BCUT2D eigenvalue weighted by Gasteiger charge is 2.33. The van der Waals surface area contributed by atoms with Gasteiger partial charge in [0.15, 0.2) is 17.8 Å². The van der Waals surface area contributed by atoms with Gasteiger partial charge in [-0.25, -0.2) is 4.99 Å². The fourth-order valence-corrected chi connectivity index (χ4v) is 2.15. The van der Waals surface area contributed by atoms with Gasteiger partial charge in [-0.15, -0.1) is 0 Å². The van der Waals surface area contributed by atoms with Crippen LogP contribution in [0.4, 0.5) is 0 Å². The number of nitrogens with two attached hydrogens (primary N) is 1. The number of amides is 1. The second kappa shape index (κ2) is 4.87. The van der Waals surface area contributed by atoms with Crippen LogP contribution < -0.4 is 5.73 Å². The lowest BCUT2D eigenvalue weighted by Gasteiger charge is -2.08. The van der Waals surface area contributed by atoms with Crippen molar-refractivity contribution in [3.05, 3.63) is 23.5 Å². The molecule has 0 spiro atoms. The summed E-state index contributed by atoms with van der Waals surface area (Å²) in [6, 6.07) is 1.12. The maximum Gasteiger partial charge on any atom is 0.258 e. The zero-order chi connectivity index (χ0) is 14.2. The number of rotatable bonds is 4. The van der Waals surface area contributed by atoms with Crippen LogP contribution in [0.15, 0.2) is 17.3 Å². The van der Waals surface area contributed by atoms with Crippen molar-refractivity contribution in [3.63, 3.8) is 0 Å². The van der Waals surface area contributed by atoms with Gasteiger partial charge in [-0.2, -0.15) is 0 Å². The second-order valence-corrected chi connectivity index (χ2v) is 4.51. The number of aliphatic imine (C=N–C) groups is 1. The van der Waals surface area contributed by atoms with Crippen LogP contribution in [0, 0.1) is 0 Å². The highest BCUT2D eigenvalue weighted by molar-refractivity contribution is 6.04. The van der Waals surface area contributed by atoms with Crippen LogP contribution in [-0.2, 0) is 11.3 Å². The molecule has 19 heavy (non-hydrogen) atoms. The first-order valence-electron chi connectivity index (χ1n) is 6.33. The first-order valence-corrected chi connectivity index (χ1v) is 6.33. The molecule has 6 nitrogen and oxygen atoms in total. The minimum atomic E-state index is -0.624. The summed E-state index contributed by atoms with van der Waals surface area (Å²) in [5, 5.41) is 0. The van der Waals surface area contributed by atoms with Gasteiger partial charge in [0.05, 0.1) is 5.69 Å². The van der Waals surface area contributed by atoms with E-state index < -0.39 is 6.04 Å². The minimum Gasteiger partial charge on any atom is -0.369 e. The molecule has 0 fully saturated rings. The zero-order valence-corrected chi connectivity index (χ0v) is 11.4. The summed E-state index contributed by atoms with van der Waals surface area (Å²) < 4.78 is 1.85. The van der Waals surface area contributed by atoms with Crippen molar-refractivity contribution in [2.24, 2.45) is 10.7 Å². The van der Waals surface area contributed by atoms with Crippen LogP contribution in [0.3, 0.4) is 0 Å². The Balaban J connectivity index is 2.40. The Hall–Kier alpha value is -2.11. The number of Topliss-reactive ketones (excluding diaryl/α,β-unsaturated/α-hetero) is 1. The molecule has 2 rings (SSSR count). The van der Waals surface area contributed by atoms with E-state index in [-0.39, 0.29) is 17.6 Å². The van der Waals surface area contributed by atoms with Crippen molar-refractivity contribution < 1.29 is 9.59 Å². The van der Waals surface area contributed by atoms with Crippen LogP contribution in [0.1, 0.15) is 42.4 Å². The van der Waals surface area contributed by atoms with E-state index in [0.717, 1.165) is 5.56 Å². The van der Waals surface area contributed by atoms with E-state index in [0.29, 0.717) is 18.7 Å². The number of ketones is 1. The first-order chi connectivity index (χ1) is 8.99. The summed E-state index contributed by atoms with van der Waals surface area (Å²) in [5.41, 5.74) is 6.98. The molecular formula is C13H18N4O2. The number of hydrogen-bond donors (Lipinski definition) is 1. The van der Waals surface area contributed by atoms with Crippen molar-refractivity contribution in [2.45, 2.75) is 32.9 Å². The highest BCUT2D eigenvalue weighted by atomic mass is 16.2. The van der Waals surface area contributed by atoms with Crippen LogP contribution in [0.5, 0.6) is 0 Å². The molecule has 0 saturated carbocycles. The standard InChI is InChI=1S/C13H18N4O2/c1-4-10(18)9-6-8(7-17(9)5-2)11-12(19)16(3)13(14)15-11/h6-7,11H,4-5H2,1-3H3,(H2,14,15). The molecule has 0 aromatic carbocycles. The van der Waals surface area contributed by atoms with Crippen molar-refractivity contribution >= 4 is 17.6 Å². The minimum absolute atomic E-state index is 0.0591. The average Bonchev–Trinajstić information content (AvgIpc) is 2.94. The molecule has 102 valence electrons. The number of aromatic nitrogens is 1. The highest BCUT2D eigenvalue weighted by Crippen LogP contribution is 2.26. The van der Waals surface area contributed by atoms with Crippen molar-refractivity contribution in [3.8, 4) is 0 Å². The van der Waals surface area contributed by atoms with Crippen molar-refractivity contribution in [1.29, 1.82) is 0 Å². The summed E-state index contributed by atoms with van der Waals surface area (Å²) in [5.74, 6) is 0.104. The van der Waals surface area contributed by atoms with Gasteiger partial charge in [0.2, 0.25) is 0 Å². The van der Waals surface area contributed by atoms with Gasteiger partial charge in [0, 0.05) is 31.8 Å². The van der Waals surface area contributed by atoms with E-state index in [1.54, 1.807) is 19.3 Å². The lowest BCUT2D eigenvalue weighted by molar-refractivity contribution is -0.126. The number of likely N-dealkylation sites (N-methyl/N-ethyl adjacent to an activating group) is 1. The molecule has 6 heteroatoms. The second-order valence-electron chi connectivity index (χ2n) is 4.51. The van der Waals surface area contributed by atoms with Gasteiger partial charge < -0.3 is 10.3 Å². The van der Waals surface area contributed by atoms with Gasteiger partial charge in [0.1, 0.15) is 0 Å². The fourth-order valence-electron chi connectivity index (χ4n) is 2.15. The van der Waals surface area contributed by atoms with Gasteiger partial charge in [0.25, 0.3) is 5.91 Å². The quantitative estimate of drug-likeness (QED) is 0.819. The number of aryl methyl sites for hydroxylation is 1. The van der Waals surface area contributed by atoms with Crippen molar-refractivity contribution in [1.82, 2.24) is 9.47 Å². The molecule has 1 aliphatic rings. The van der Waals surface area contributed by atoms with Crippen LogP contribution in [0.2, 0.25) is 0 Å². The molecule has 1 aromatic heterocycles. The summed E-state index contributed by atoms with van der Waals surface area (Å²) >= 11 is 0. The Morgan fingerprint density at radius 3 is 2.63 bits per heavy atom. The molecule has 0 aliphatic carbocycles. The van der Waals surface area contributed by atoms with Crippen molar-refractivity contribution in [2.75, 3.05) is 7.05 Å². The molecule has 0 radical (unpaired) electrons. The third kappa shape index (κ3) is 2.14. The van der Waals surface area contributed by atoms with Gasteiger partial charge >= 0.3 is 0 Å². The normalized spacial score (nSPS) is 18.9. The number of carbonyl (C=O) groups is 2. The van der Waals surface area contributed by atoms with E-state index in [1.165, 1.54) is 4.90 Å². The maximum atomic E-state index is 12.0. The molecule has 1 atom stereocenters. The molecule has 1 aliphatic heterocycles. The van der Waals surface area contributed by atoms with Gasteiger partial charge in [-0.05, 0) is 13.0 Å². The summed E-state index contributed by atoms with van der Waals surface area (Å²) in [4.78, 5) is 29.3. The molecule has 1 unspecified atom stereocenters. The molecule has 2 N–H and O–H groups in total. The molecular weight excluding hydrogens is 244 g/mol. The van der Waals surface area contributed by atoms with Crippen LogP contribution in [-0.4, -0.2) is 34.2 Å². The summed E-state index contributed by atoms with van der Waals surface area (Å²) in [7, 11) is 1.59. The van der Waals surface area contributed by atoms with E-state index in [4.69, 9.17) is 5.73 Å². The summed E-state index contributed by atoms with van der Waals surface area (Å²) in [6.45, 7) is 4.45. The number of hydrogen-bond acceptors (Lipinski definition) is 4. The predicted octanol–water partition coefficient (Wildman–Crippen LogP) is 0.928.